The second kappa shape index (κ2) is 9.49. The lowest BCUT2D eigenvalue weighted by atomic mass is 9.84. The van der Waals surface area contributed by atoms with Gasteiger partial charge >= 0.3 is 0 Å². The summed E-state index contributed by atoms with van der Waals surface area (Å²) in [7, 11) is 4.15. The van der Waals surface area contributed by atoms with Gasteiger partial charge < -0.3 is 4.57 Å². The number of aromatic nitrogens is 4. The van der Waals surface area contributed by atoms with Crippen LogP contribution in [0.15, 0.2) is 0 Å². The van der Waals surface area contributed by atoms with E-state index in [-0.39, 0.29) is 18.3 Å². The molecule has 0 unspecified atom stereocenters. The first-order valence-electron chi connectivity index (χ1n) is 10.6. The van der Waals surface area contributed by atoms with Gasteiger partial charge in [0.15, 0.2) is 0 Å². The summed E-state index contributed by atoms with van der Waals surface area (Å²) in [5, 5.41) is 4.66. The monoisotopic (exact) mass is 404 g/mol. The summed E-state index contributed by atoms with van der Waals surface area (Å²) in [6.45, 7) is 26.5. The normalized spacial score (nSPS) is 12.1. The Morgan fingerprint density at radius 2 is 1.28 bits per heavy atom. The predicted molar refractivity (Wildman–Crippen MR) is 128 cm³/mol. The molecule has 2 rings (SSSR count). The van der Waals surface area contributed by atoms with Gasteiger partial charge in [0, 0.05) is 42.2 Å². The van der Waals surface area contributed by atoms with Crippen molar-refractivity contribution in [3.63, 3.8) is 0 Å². The Morgan fingerprint density at radius 1 is 0.793 bits per heavy atom. The Labute approximate surface area is 181 Å². The molecule has 0 N–H and O–H groups in total. The van der Waals surface area contributed by atoms with Crippen molar-refractivity contribution in [2.24, 2.45) is 14.1 Å². The lowest BCUT2D eigenvalue weighted by Crippen LogP contribution is -2.18. The van der Waals surface area contributed by atoms with Crippen LogP contribution in [0.3, 0.4) is 0 Å². The highest BCUT2D eigenvalue weighted by Crippen LogP contribution is 2.32. The molecule has 0 saturated heterocycles. The van der Waals surface area contributed by atoms with Crippen molar-refractivity contribution in [2.75, 3.05) is 0 Å². The molecule has 0 aromatic carbocycles. The van der Waals surface area contributed by atoms with Crippen molar-refractivity contribution < 1.29 is 0 Å². The van der Waals surface area contributed by atoms with Crippen molar-refractivity contribution in [1.29, 1.82) is 0 Å². The third kappa shape index (κ3) is 6.20. The van der Waals surface area contributed by atoms with E-state index in [0.717, 1.165) is 0 Å². The van der Waals surface area contributed by atoms with Gasteiger partial charge in [-0.3, -0.25) is 4.68 Å². The minimum Gasteiger partial charge on any atom is -0.335 e. The van der Waals surface area contributed by atoms with E-state index in [1.807, 2.05) is 11.7 Å². The SMILES string of the molecule is C.Cc1c(C(C)(C)C)nn(C)c1C(C)(C)C.Cc1c(C(C)C)nc(C(C)C)n1C. The summed E-state index contributed by atoms with van der Waals surface area (Å²) in [6.07, 6.45) is 0. The van der Waals surface area contributed by atoms with Gasteiger partial charge in [-0.1, -0.05) is 76.7 Å². The molecule has 0 atom stereocenters. The Hall–Kier alpha value is -1.58. The molecule has 2 aromatic heterocycles. The number of rotatable bonds is 2. The molecule has 0 fully saturated rings. The van der Waals surface area contributed by atoms with Gasteiger partial charge in [0.2, 0.25) is 0 Å². The van der Waals surface area contributed by atoms with Gasteiger partial charge in [0.25, 0.3) is 0 Å². The lowest BCUT2D eigenvalue weighted by molar-refractivity contribution is 0.513. The maximum absolute atomic E-state index is 4.67. The fourth-order valence-corrected chi connectivity index (χ4v) is 4.08. The fraction of sp³-hybridized carbons (Fsp3) is 0.760. The van der Waals surface area contributed by atoms with Crippen LogP contribution < -0.4 is 0 Å². The summed E-state index contributed by atoms with van der Waals surface area (Å²) in [4.78, 5) is 4.67. The maximum Gasteiger partial charge on any atom is 0.111 e. The fourth-order valence-electron chi connectivity index (χ4n) is 4.08. The summed E-state index contributed by atoms with van der Waals surface area (Å²) in [5.74, 6) is 2.23. The topological polar surface area (TPSA) is 35.6 Å². The van der Waals surface area contributed by atoms with E-state index in [1.54, 1.807) is 0 Å². The highest BCUT2D eigenvalue weighted by molar-refractivity contribution is 5.33. The van der Waals surface area contributed by atoms with Gasteiger partial charge in [-0.2, -0.15) is 5.10 Å². The summed E-state index contributed by atoms with van der Waals surface area (Å²) < 4.78 is 4.25. The number of nitrogens with zero attached hydrogens (tertiary/aromatic N) is 4. The highest BCUT2D eigenvalue weighted by atomic mass is 15.3. The van der Waals surface area contributed by atoms with Crippen molar-refractivity contribution >= 4 is 0 Å². The number of hydrogen-bond acceptors (Lipinski definition) is 2. The molecule has 0 aliphatic carbocycles. The van der Waals surface area contributed by atoms with E-state index in [4.69, 9.17) is 0 Å². The van der Waals surface area contributed by atoms with Crippen molar-refractivity contribution in [3.8, 4) is 0 Å². The second-order valence-corrected chi connectivity index (χ2v) is 10.8. The van der Waals surface area contributed by atoms with Gasteiger partial charge in [-0.25, -0.2) is 4.98 Å². The predicted octanol–water partition coefficient (Wildman–Crippen LogP) is 6.93. The molecule has 0 bridgehead atoms. The largest absolute Gasteiger partial charge is 0.335 e. The molecule has 29 heavy (non-hydrogen) atoms. The molecule has 0 aliphatic heterocycles. The van der Waals surface area contributed by atoms with Gasteiger partial charge in [0.05, 0.1) is 11.4 Å². The van der Waals surface area contributed by atoms with Gasteiger partial charge in [-0.15, -0.1) is 0 Å². The molecule has 0 saturated carbocycles. The number of hydrogen-bond donors (Lipinski definition) is 0. The molecule has 0 radical (unpaired) electrons. The zero-order valence-electron chi connectivity index (χ0n) is 20.9. The zero-order chi connectivity index (χ0) is 22.2. The van der Waals surface area contributed by atoms with E-state index in [2.05, 4.69) is 105 Å². The summed E-state index contributed by atoms with van der Waals surface area (Å²) in [5.41, 5.74) is 6.74. The molecule has 2 aromatic rings. The molecular weight excluding hydrogens is 356 g/mol. The van der Waals surface area contributed by atoms with Crippen LogP contribution in [0, 0.1) is 13.8 Å². The summed E-state index contributed by atoms with van der Waals surface area (Å²) >= 11 is 0. The average Bonchev–Trinajstić information content (AvgIpc) is 2.96. The summed E-state index contributed by atoms with van der Waals surface area (Å²) in [6, 6.07) is 0. The molecule has 4 nitrogen and oxygen atoms in total. The molecule has 2 heterocycles. The third-order valence-corrected chi connectivity index (χ3v) is 5.22. The van der Waals surface area contributed by atoms with Crippen LogP contribution in [0.1, 0.15) is 123 Å². The third-order valence-electron chi connectivity index (χ3n) is 5.22. The van der Waals surface area contributed by atoms with E-state index in [1.165, 1.54) is 34.2 Å². The van der Waals surface area contributed by atoms with Crippen LogP contribution in [0.4, 0.5) is 0 Å². The van der Waals surface area contributed by atoms with Gasteiger partial charge in [0.1, 0.15) is 5.82 Å². The molecular formula is C25H48N4. The van der Waals surface area contributed by atoms with E-state index < -0.39 is 0 Å². The minimum absolute atomic E-state index is 0. The van der Waals surface area contributed by atoms with Crippen LogP contribution in [0.25, 0.3) is 0 Å². The Morgan fingerprint density at radius 3 is 1.48 bits per heavy atom. The zero-order valence-corrected chi connectivity index (χ0v) is 20.9. The molecule has 168 valence electrons. The second-order valence-electron chi connectivity index (χ2n) is 10.8. The molecule has 0 amide bonds. The first-order chi connectivity index (χ1) is 12.5. The molecule has 0 spiro atoms. The Balaban J connectivity index is 0.000000527. The average molecular weight is 405 g/mol. The Kier molecular flexibility index (Phi) is 8.97. The quantitative estimate of drug-likeness (QED) is 0.543. The molecule has 4 heteroatoms. The Bertz CT molecular complexity index is 762. The van der Waals surface area contributed by atoms with Crippen molar-refractivity contribution in [1.82, 2.24) is 19.3 Å². The minimum atomic E-state index is 0. The van der Waals surface area contributed by atoms with Crippen molar-refractivity contribution in [2.45, 2.75) is 113 Å². The number of aryl methyl sites for hydroxylation is 1. The van der Waals surface area contributed by atoms with Crippen molar-refractivity contribution in [3.05, 3.63) is 34.2 Å². The highest BCUT2D eigenvalue weighted by Gasteiger charge is 2.28. The van der Waals surface area contributed by atoms with Gasteiger partial charge in [-0.05, 0) is 25.3 Å². The van der Waals surface area contributed by atoms with Crippen LogP contribution >= 0.6 is 0 Å². The molecule has 0 aliphatic rings. The van der Waals surface area contributed by atoms with E-state index >= 15 is 0 Å². The standard InChI is InChI=1S/C13H24N2.C11H20N2.CH4/c1-9-10(12(2,3)4)14-15(8)11(9)13(5,6)7;1-7(2)10-9(5)13(6)11(12-10)8(3)4;/h1-8H3;7-8H,1-6H3;1H4. The lowest BCUT2D eigenvalue weighted by Gasteiger charge is -2.21. The maximum atomic E-state index is 4.67. The smallest absolute Gasteiger partial charge is 0.111 e. The van der Waals surface area contributed by atoms with E-state index in [9.17, 15) is 0 Å². The van der Waals surface area contributed by atoms with E-state index in [0.29, 0.717) is 11.8 Å². The first kappa shape index (κ1) is 27.4. The van der Waals surface area contributed by atoms with Crippen LogP contribution in [0.5, 0.6) is 0 Å². The number of imidazole rings is 1. The van der Waals surface area contributed by atoms with Crippen LogP contribution in [-0.2, 0) is 24.9 Å². The van der Waals surface area contributed by atoms with Crippen LogP contribution in [0.2, 0.25) is 0 Å². The first-order valence-corrected chi connectivity index (χ1v) is 10.6. The van der Waals surface area contributed by atoms with Crippen LogP contribution in [-0.4, -0.2) is 19.3 Å².